The molecular formula is C20H17NO3S. The van der Waals surface area contributed by atoms with Gasteiger partial charge >= 0.3 is 0 Å². The Hall–Kier alpha value is -2.92. The van der Waals surface area contributed by atoms with Crippen molar-refractivity contribution in [3.05, 3.63) is 82.3 Å². The van der Waals surface area contributed by atoms with Gasteiger partial charge in [-0.25, -0.2) is 4.98 Å². The third-order valence-electron chi connectivity index (χ3n) is 3.55. The van der Waals surface area contributed by atoms with E-state index < -0.39 is 0 Å². The summed E-state index contributed by atoms with van der Waals surface area (Å²) >= 11 is 1.55. The minimum Gasteiger partial charge on any atom is -0.497 e. The molecule has 4 nitrogen and oxygen atoms in total. The first-order valence-corrected chi connectivity index (χ1v) is 8.65. The van der Waals surface area contributed by atoms with Crippen molar-refractivity contribution < 1.29 is 14.3 Å². The summed E-state index contributed by atoms with van der Waals surface area (Å²) in [6.07, 6.45) is 3.35. The second-order valence-corrected chi connectivity index (χ2v) is 5.98. The summed E-state index contributed by atoms with van der Waals surface area (Å²) in [4.78, 5) is 16.3. The quantitative estimate of drug-likeness (QED) is 0.460. The molecule has 0 atom stereocenters. The van der Waals surface area contributed by atoms with Crippen molar-refractivity contribution in [2.45, 2.75) is 6.61 Å². The molecule has 25 heavy (non-hydrogen) atoms. The van der Waals surface area contributed by atoms with Crippen LogP contribution in [0.4, 0.5) is 0 Å². The van der Waals surface area contributed by atoms with Gasteiger partial charge in [0, 0.05) is 10.9 Å². The van der Waals surface area contributed by atoms with Crippen molar-refractivity contribution >= 4 is 23.2 Å². The molecule has 0 saturated heterocycles. The molecule has 126 valence electrons. The van der Waals surface area contributed by atoms with Crippen LogP contribution in [-0.4, -0.2) is 17.9 Å². The first kappa shape index (κ1) is 16.9. The van der Waals surface area contributed by atoms with Gasteiger partial charge in [-0.1, -0.05) is 18.2 Å². The highest BCUT2D eigenvalue weighted by molar-refractivity contribution is 7.07. The summed E-state index contributed by atoms with van der Waals surface area (Å²) in [6.45, 7) is 0.453. The normalized spacial score (nSPS) is 10.8. The van der Waals surface area contributed by atoms with Gasteiger partial charge in [-0.2, -0.15) is 0 Å². The SMILES string of the molecule is COc1ccc(C(=O)/C=C/c2ccc(OCc3cscn3)cc2)cc1. The molecule has 0 amide bonds. The van der Waals surface area contributed by atoms with Crippen molar-refractivity contribution in [3.8, 4) is 11.5 Å². The van der Waals surface area contributed by atoms with Crippen LogP contribution >= 0.6 is 11.3 Å². The lowest BCUT2D eigenvalue weighted by molar-refractivity contribution is 0.104. The lowest BCUT2D eigenvalue weighted by Crippen LogP contribution is -1.95. The molecule has 0 fully saturated rings. The Morgan fingerprint density at radius 3 is 2.44 bits per heavy atom. The topological polar surface area (TPSA) is 48.4 Å². The third-order valence-corrected chi connectivity index (χ3v) is 4.19. The van der Waals surface area contributed by atoms with Crippen molar-refractivity contribution in [1.82, 2.24) is 4.98 Å². The van der Waals surface area contributed by atoms with Crippen LogP contribution in [0.2, 0.25) is 0 Å². The van der Waals surface area contributed by atoms with E-state index in [1.807, 2.05) is 29.6 Å². The molecule has 1 heterocycles. The first-order valence-electron chi connectivity index (χ1n) is 7.71. The molecule has 3 aromatic rings. The molecule has 0 unspecified atom stereocenters. The molecule has 0 aliphatic rings. The number of methoxy groups -OCH3 is 1. The minimum absolute atomic E-state index is 0.0495. The number of nitrogens with zero attached hydrogens (tertiary/aromatic N) is 1. The molecule has 0 aliphatic heterocycles. The van der Waals surface area contributed by atoms with E-state index in [-0.39, 0.29) is 5.78 Å². The maximum atomic E-state index is 12.2. The average Bonchev–Trinajstić information content (AvgIpc) is 3.19. The zero-order valence-electron chi connectivity index (χ0n) is 13.7. The van der Waals surface area contributed by atoms with Gasteiger partial charge in [-0.15, -0.1) is 11.3 Å². The lowest BCUT2D eigenvalue weighted by atomic mass is 10.1. The van der Waals surface area contributed by atoms with E-state index >= 15 is 0 Å². The van der Waals surface area contributed by atoms with Gasteiger partial charge in [0.05, 0.1) is 18.3 Å². The van der Waals surface area contributed by atoms with Crippen LogP contribution in [0.15, 0.2) is 65.5 Å². The molecule has 0 saturated carbocycles. The second-order valence-electron chi connectivity index (χ2n) is 5.26. The molecule has 0 N–H and O–H groups in total. The number of carbonyl (C=O) groups is 1. The number of ether oxygens (including phenoxy) is 2. The zero-order valence-corrected chi connectivity index (χ0v) is 14.5. The number of hydrogen-bond acceptors (Lipinski definition) is 5. The van der Waals surface area contributed by atoms with Gasteiger partial charge in [0.1, 0.15) is 18.1 Å². The summed E-state index contributed by atoms with van der Waals surface area (Å²) < 4.78 is 10.8. The van der Waals surface area contributed by atoms with Crippen LogP contribution in [0.25, 0.3) is 6.08 Å². The van der Waals surface area contributed by atoms with E-state index in [2.05, 4.69) is 4.98 Å². The zero-order chi connectivity index (χ0) is 17.5. The van der Waals surface area contributed by atoms with Crippen molar-refractivity contribution in [3.63, 3.8) is 0 Å². The molecular weight excluding hydrogens is 334 g/mol. The largest absolute Gasteiger partial charge is 0.497 e. The van der Waals surface area contributed by atoms with E-state index in [1.54, 1.807) is 60.4 Å². The Morgan fingerprint density at radius 2 is 1.80 bits per heavy atom. The predicted octanol–water partition coefficient (Wildman–Crippen LogP) is 4.63. The summed E-state index contributed by atoms with van der Waals surface area (Å²) in [7, 11) is 1.60. The molecule has 3 rings (SSSR count). The highest BCUT2D eigenvalue weighted by atomic mass is 32.1. The number of rotatable bonds is 7. The van der Waals surface area contributed by atoms with Crippen LogP contribution in [0.5, 0.6) is 11.5 Å². The Morgan fingerprint density at radius 1 is 1.08 bits per heavy atom. The number of hydrogen-bond donors (Lipinski definition) is 0. The van der Waals surface area contributed by atoms with Gasteiger partial charge in [-0.3, -0.25) is 4.79 Å². The molecule has 0 aliphatic carbocycles. The predicted molar refractivity (Wildman–Crippen MR) is 99.2 cm³/mol. The number of thiazole rings is 1. The summed E-state index contributed by atoms with van der Waals surface area (Å²) in [5.41, 5.74) is 4.26. The fraction of sp³-hybridized carbons (Fsp3) is 0.100. The standard InChI is InChI=1S/C20H17NO3S/c1-23-18-9-5-16(6-10-18)20(22)11-4-15-2-7-19(8-3-15)24-12-17-13-25-14-21-17/h2-11,13-14H,12H2,1H3/b11-4+. The number of aromatic nitrogens is 1. The average molecular weight is 351 g/mol. The van der Waals surface area contributed by atoms with Gasteiger partial charge in [0.2, 0.25) is 0 Å². The van der Waals surface area contributed by atoms with Gasteiger partial charge < -0.3 is 9.47 Å². The second kappa shape index (κ2) is 8.26. The third kappa shape index (κ3) is 4.78. The Kier molecular flexibility index (Phi) is 5.59. The molecule has 5 heteroatoms. The lowest BCUT2D eigenvalue weighted by Gasteiger charge is -2.04. The molecule has 0 radical (unpaired) electrons. The fourth-order valence-corrected chi connectivity index (χ4v) is 2.71. The number of allylic oxidation sites excluding steroid dienone is 1. The molecule has 0 spiro atoms. The van der Waals surface area contributed by atoms with Crippen molar-refractivity contribution in [2.75, 3.05) is 7.11 Å². The van der Waals surface area contributed by atoms with Gasteiger partial charge in [-0.05, 0) is 48.0 Å². The molecule has 0 bridgehead atoms. The van der Waals surface area contributed by atoms with Crippen molar-refractivity contribution in [1.29, 1.82) is 0 Å². The number of benzene rings is 2. The van der Waals surface area contributed by atoms with Crippen molar-refractivity contribution in [2.24, 2.45) is 0 Å². The van der Waals surface area contributed by atoms with Crippen LogP contribution < -0.4 is 9.47 Å². The van der Waals surface area contributed by atoms with E-state index in [9.17, 15) is 4.79 Å². The fourth-order valence-electron chi connectivity index (χ4n) is 2.16. The summed E-state index contributed by atoms with van der Waals surface area (Å²) in [5.74, 6) is 1.45. The maximum Gasteiger partial charge on any atom is 0.185 e. The van der Waals surface area contributed by atoms with E-state index in [1.165, 1.54) is 0 Å². The Labute approximate surface area is 150 Å². The Balaban J connectivity index is 1.58. The summed E-state index contributed by atoms with van der Waals surface area (Å²) in [6, 6.07) is 14.6. The monoisotopic (exact) mass is 351 g/mol. The Bertz CT molecular complexity index is 838. The van der Waals surface area contributed by atoms with Crippen LogP contribution in [0.1, 0.15) is 21.6 Å². The van der Waals surface area contributed by atoms with E-state index in [0.29, 0.717) is 12.2 Å². The minimum atomic E-state index is -0.0495. The van der Waals surface area contributed by atoms with Crippen LogP contribution in [0, 0.1) is 0 Å². The van der Waals surface area contributed by atoms with Crippen LogP contribution in [-0.2, 0) is 6.61 Å². The highest BCUT2D eigenvalue weighted by Gasteiger charge is 2.02. The van der Waals surface area contributed by atoms with Gasteiger partial charge in [0.15, 0.2) is 5.78 Å². The molecule has 1 aromatic heterocycles. The van der Waals surface area contributed by atoms with E-state index in [4.69, 9.17) is 9.47 Å². The molecule has 2 aromatic carbocycles. The van der Waals surface area contributed by atoms with Crippen LogP contribution in [0.3, 0.4) is 0 Å². The number of carbonyl (C=O) groups excluding carboxylic acids is 1. The van der Waals surface area contributed by atoms with E-state index in [0.717, 1.165) is 22.8 Å². The summed E-state index contributed by atoms with van der Waals surface area (Å²) in [5, 5.41) is 1.96. The van der Waals surface area contributed by atoms with Gasteiger partial charge in [0.25, 0.3) is 0 Å². The smallest absolute Gasteiger partial charge is 0.185 e. The maximum absolute atomic E-state index is 12.2. The number of ketones is 1. The first-order chi connectivity index (χ1) is 12.2. The highest BCUT2D eigenvalue weighted by Crippen LogP contribution is 2.16.